The predicted molar refractivity (Wildman–Crippen MR) is 221 cm³/mol. The lowest BCUT2D eigenvalue weighted by molar-refractivity contribution is -0.121. The molecule has 2 heterocycles. The van der Waals surface area contributed by atoms with Crippen LogP contribution in [-0.4, -0.2) is 79.1 Å². The van der Waals surface area contributed by atoms with Crippen molar-refractivity contribution in [2.45, 2.75) is 104 Å². The molecule has 0 spiro atoms. The first-order chi connectivity index (χ1) is 26.2. The Balaban J connectivity index is 1.50. The first kappa shape index (κ1) is 41.9. The smallest absolute Gasteiger partial charge is 0.188 e. The molecule has 2 aromatic rings. The molecule has 296 valence electrons. The van der Waals surface area contributed by atoms with Gasteiger partial charge in [0.15, 0.2) is 29.0 Å². The minimum absolute atomic E-state index is 0.00451. The predicted octanol–water partition coefficient (Wildman–Crippen LogP) is 6.19. The van der Waals surface area contributed by atoms with Crippen LogP contribution in [0.4, 0.5) is 0 Å². The number of carbonyl (C=O) groups is 1. The maximum atomic E-state index is 13.1. The van der Waals surface area contributed by atoms with Crippen molar-refractivity contribution < 1.29 is 29.2 Å². The number of phenols is 1. The summed E-state index contributed by atoms with van der Waals surface area (Å²) in [7, 11) is 5.29. The maximum absolute atomic E-state index is 13.1. The van der Waals surface area contributed by atoms with E-state index in [1.165, 1.54) is 26.4 Å². The van der Waals surface area contributed by atoms with Gasteiger partial charge in [0.25, 0.3) is 0 Å². The van der Waals surface area contributed by atoms with E-state index in [0.717, 1.165) is 58.9 Å². The number of nitrogens with one attached hydrogen (secondary N) is 2. The number of nitrogens with zero attached hydrogens (tertiary/aromatic N) is 1. The van der Waals surface area contributed by atoms with Crippen LogP contribution in [0.3, 0.4) is 0 Å². The molecule has 54 heavy (non-hydrogen) atoms. The highest BCUT2D eigenvalue weighted by Crippen LogP contribution is 2.44. The summed E-state index contributed by atoms with van der Waals surface area (Å²) in [6.07, 6.45) is 6.87. The Hall–Kier alpha value is -3.24. The molecule has 2 aliphatic heterocycles. The number of methoxy groups -OCH3 is 1. The van der Waals surface area contributed by atoms with Crippen molar-refractivity contribution in [3.63, 3.8) is 0 Å². The van der Waals surface area contributed by atoms with Crippen LogP contribution in [0.15, 0.2) is 23.2 Å². The quantitative estimate of drug-likeness (QED) is 0.0770. The Morgan fingerprint density at radius 1 is 1.07 bits per heavy atom. The zero-order valence-corrected chi connectivity index (χ0v) is 34.1. The van der Waals surface area contributed by atoms with Crippen LogP contribution >= 0.6 is 21.6 Å². The lowest BCUT2D eigenvalue weighted by Crippen LogP contribution is -2.45. The number of fused-ring (bicyclic) bond motifs is 5. The van der Waals surface area contributed by atoms with Gasteiger partial charge < -0.3 is 35.5 Å². The molecule has 2 aromatic carbocycles. The molecule has 0 aromatic heterocycles. The number of benzene rings is 2. The number of carbonyl (C=O) groups excluding carboxylic acids is 1. The van der Waals surface area contributed by atoms with Crippen LogP contribution in [0.2, 0.25) is 0 Å². The van der Waals surface area contributed by atoms with Gasteiger partial charge in [-0.3, -0.25) is 15.1 Å². The van der Waals surface area contributed by atoms with Crippen LogP contribution in [-0.2, 0) is 30.5 Å². The molecular weight excluding hydrogens is 721 g/mol. The van der Waals surface area contributed by atoms with E-state index in [-0.39, 0.29) is 42.3 Å². The summed E-state index contributed by atoms with van der Waals surface area (Å²) in [5.74, 6) is 11.6. The van der Waals surface area contributed by atoms with Crippen molar-refractivity contribution in [3.8, 4) is 34.8 Å². The molecule has 0 saturated carbocycles. The van der Waals surface area contributed by atoms with E-state index in [4.69, 9.17) is 24.9 Å². The topological polar surface area (TPSA) is 148 Å². The zero-order valence-electron chi connectivity index (χ0n) is 32.5. The standard InChI is InChI=1S/C42H60N4O6S2/c1-5-6-7-8-18-44-26-52-39-30-10-9-11-35-28(14-17-38(49)40(35)50-4)12-15-33(47)21-34(48)16-13-29(19-30)36-20-31(23-51-41(36)39)32-22-45-42(43)46-37(27(2)3)25-54-53-24-32/h14,17,19,27,31-32,34,37,44,48-49H,5-8,10,12-13,15-16,18,20-26H2,1-4H3,(H3,43,45,46)/t31-,32+,34-,37+/m1/s1. The number of nitrogens with two attached hydrogens (primary N) is 1. The monoisotopic (exact) mass is 780 g/mol. The number of ketones is 1. The van der Waals surface area contributed by atoms with Crippen molar-refractivity contribution >= 4 is 33.3 Å². The first-order valence-electron chi connectivity index (χ1n) is 19.7. The number of phenolic OH excluding ortho intramolecular Hbond substituents is 1. The molecule has 3 aliphatic rings. The van der Waals surface area contributed by atoms with Gasteiger partial charge in [-0.05, 0) is 67.7 Å². The summed E-state index contributed by atoms with van der Waals surface area (Å²) in [6, 6.07) is 5.80. The van der Waals surface area contributed by atoms with Crippen LogP contribution in [0, 0.1) is 29.6 Å². The van der Waals surface area contributed by atoms with Crippen molar-refractivity contribution in [2.75, 3.05) is 45.0 Å². The summed E-state index contributed by atoms with van der Waals surface area (Å²) in [4.78, 5) is 17.9. The van der Waals surface area contributed by atoms with E-state index in [0.29, 0.717) is 74.5 Å². The fourth-order valence-corrected chi connectivity index (χ4v) is 10.2. The van der Waals surface area contributed by atoms with Gasteiger partial charge in [0.1, 0.15) is 12.5 Å². The summed E-state index contributed by atoms with van der Waals surface area (Å²) >= 11 is 0. The Morgan fingerprint density at radius 3 is 2.70 bits per heavy atom. The molecule has 2 bridgehead atoms. The molecular formula is C42H60N4O6S2. The Labute approximate surface area is 329 Å². The van der Waals surface area contributed by atoms with Gasteiger partial charge in [-0.2, -0.15) is 0 Å². The van der Waals surface area contributed by atoms with Crippen LogP contribution in [0.25, 0.3) is 0 Å². The number of aryl methyl sites for hydroxylation is 2. The minimum atomic E-state index is -0.772. The number of unbranched alkanes of at least 4 members (excludes halogenated alkanes) is 3. The highest BCUT2D eigenvalue weighted by Gasteiger charge is 2.33. The van der Waals surface area contributed by atoms with Crippen LogP contribution in [0.1, 0.15) is 93.5 Å². The number of aromatic hydroxyl groups is 1. The van der Waals surface area contributed by atoms with E-state index < -0.39 is 6.10 Å². The molecule has 6 N–H and O–H groups in total. The number of aliphatic imine (C=N–C) groups is 1. The zero-order chi connectivity index (χ0) is 38.5. The summed E-state index contributed by atoms with van der Waals surface area (Å²) in [5, 5.41) is 28.6. The van der Waals surface area contributed by atoms with Gasteiger partial charge in [-0.15, -0.1) is 0 Å². The fraction of sp³-hybridized carbons (Fsp3) is 0.619. The number of guanidine groups is 1. The Bertz CT molecular complexity index is 1660. The summed E-state index contributed by atoms with van der Waals surface area (Å²) in [6.45, 7) is 8.95. The number of rotatable bonds is 11. The number of ether oxygens (including phenoxy) is 3. The van der Waals surface area contributed by atoms with Crippen molar-refractivity contribution in [1.29, 1.82) is 0 Å². The van der Waals surface area contributed by atoms with E-state index >= 15 is 0 Å². The molecule has 12 heteroatoms. The van der Waals surface area contributed by atoms with E-state index in [2.05, 4.69) is 49.3 Å². The molecule has 10 nitrogen and oxygen atoms in total. The Kier molecular flexibility index (Phi) is 16.4. The van der Waals surface area contributed by atoms with Crippen molar-refractivity contribution in [2.24, 2.45) is 28.5 Å². The second-order valence-corrected chi connectivity index (χ2v) is 17.6. The van der Waals surface area contributed by atoms with E-state index in [9.17, 15) is 15.0 Å². The molecule has 1 aliphatic carbocycles. The average molecular weight is 781 g/mol. The number of Topliss-reactive ketones (excluding diaryl/α,β-unsaturated/α-hetero) is 1. The summed E-state index contributed by atoms with van der Waals surface area (Å²) < 4.78 is 18.9. The van der Waals surface area contributed by atoms with Gasteiger partial charge in [0.05, 0.1) is 25.4 Å². The maximum Gasteiger partial charge on any atom is 0.188 e. The van der Waals surface area contributed by atoms with Crippen molar-refractivity contribution in [3.05, 3.63) is 46.0 Å². The second kappa shape index (κ2) is 21.2. The molecule has 0 saturated heterocycles. The third kappa shape index (κ3) is 11.6. The van der Waals surface area contributed by atoms with Gasteiger partial charge in [0.2, 0.25) is 0 Å². The average Bonchev–Trinajstić information content (AvgIpc) is 3.16. The van der Waals surface area contributed by atoms with Gasteiger partial charge in [-0.25, -0.2) is 0 Å². The van der Waals surface area contributed by atoms with Gasteiger partial charge in [-0.1, -0.05) is 85.6 Å². The Morgan fingerprint density at radius 2 is 1.91 bits per heavy atom. The number of hydrogen-bond acceptors (Lipinski definition) is 12. The number of aliphatic hydroxyl groups is 1. The van der Waals surface area contributed by atoms with E-state index in [1.807, 2.05) is 21.6 Å². The molecule has 4 atom stereocenters. The summed E-state index contributed by atoms with van der Waals surface area (Å²) in [5.41, 5.74) is 10.8. The third-order valence-electron chi connectivity index (χ3n) is 10.7. The molecule has 5 rings (SSSR count). The van der Waals surface area contributed by atoms with Crippen LogP contribution in [0.5, 0.6) is 23.0 Å². The fourth-order valence-electron chi connectivity index (χ4n) is 7.27. The second-order valence-electron chi connectivity index (χ2n) is 15.1. The molecule has 0 radical (unpaired) electrons. The number of aliphatic hydroxyl groups excluding tert-OH is 1. The lowest BCUT2D eigenvalue weighted by Gasteiger charge is -2.34. The normalized spacial score (nSPS) is 22.5. The minimum Gasteiger partial charge on any atom is -0.504 e. The lowest BCUT2D eigenvalue weighted by atomic mass is 9.82. The van der Waals surface area contributed by atoms with Gasteiger partial charge >= 0.3 is 0 Å². The molecule has 0 amide bonds. The highest BCUT2D eigenvalue weighted by atomic mass is 33.1. The van der Waals surface area contributed by atoms with Crippen molar-refractivity contribution in [1.82, 2.24) is 10.6 Å². The largest absolute Gasteiger partial charge is 0.504 e. The highest BCUT2D eigenvalue weighted by molar-refractivity contribution is 8.76. The van der Waals surface area contributed by atoms with Gasteiger partial charge in [0, 0.05) is 60.4 Å². The SMILES string of the molecule is CCCCCCNCOc1c2cc(c3c1OC[C@H]([C@H]1CN=C(N)N[C@H](C(C)C)CSSC1)C3)CC[C@@H](O)CC(=O)CCc1ccc(O)c(OC)c1C#CC2. The molecule has 0 fully saturated rings. The van der Waals surface area contributed by atoms with E-state index in [1.54, 1.807) is 12.1 Å². The van der Waals surface area contributed by atoms with Crippen LogP contribution < -0.4 is 30.6 Å². The first-order valence-corrected chi connectivity index (χ1v) is 22.2. The molecule has 0 unspecified atom stereocenters. The third-order valence-corrected chi connectivity index (χ3v) is 13.2. The number of hydrogen-bond donors (Lipinski definition) is 5.